The lowest BCUT2D eigenvalue weighted by atomic mass is 10.2. The number of anilines is 2. The van der Waals surface area contributed by atoms with Gasteiger partial charge in [-0.3, -0.25) is 4.79 Å². The number of amides is 1. The highest BCUT2D eigenvalue weighted by atomic mass is 32.2. The molecular weight excluding hydrogens is 244 g/mol. The van der Waals surface area contributed by atoms with Crippen LogP contribution >= 0.6 is 11.8 Å². The van der Waals surface area contributed by atoms with Crippen LogP contribution in [0.5, 0.6) is 0 Å². The molecule has 1 atom stereocenters. The summed E-state index contributed by atoms with van der Waals surface area (Å²) in [5.41, 5.74) is 2.14. The van der Waals surface area contributed by atoms with Crippen molar-refractivity contribution >= 4 is 29.0 Å². The molecule has 2 aliphatic heterocycles. The van der Waals surface area contributed by atoms with Gasteiger partial charge in [-0.05, 0) is 37.1 Å². The van der Waals surface area contributed by atoms with Gasteiger partial charge in [-0.25, -0.2) is 0 Å². The molecule has 3 nitrogen and oxygen atoms in total. The topological polar surface area (TPSA) is 32.3 Å². The molecule has 1 N–H and O–H groups in total. The quantitative estimate of drug-likeness (QED) is 0.844. The molecule has 1 aromatic rings. The molecule has 2 aliphatic rings. The zero-order valence-electron chi connectivity index (χ0n) is 10.4. The Morgan fingerprint density at radius 2 is 2.22 bits per heavy atom. The number of hydrogen-bond donors (Lipinski definition) is 1. The Hall–Kier alpha value is -1.16. The second-order valence-corrected chi connectivity index (χ2v) is 6.10. The van der Waals surface area contributed by atoms with E-state index in [4.69, 9.17) is 0 Å². The normalized spacial score (nSPS) is 23.1. The van der Waals surface area contributed by atoms with Crippen molar-refractivity contribution < 1.29 is 4.79 Å². The monoisotopic (exact) mass is 262 g/mol. The minimum absolute atomic E-state index is 0.177. The second-order valence-electron chi connectivity index (χ2n) is 4.79. The molecule has 0 radical (unpaired) electrons. The number of rotatable bonds is 1. The van der Waals surface area contributed by atoms with Crippen LogP contribution in [0.25, 0.3) is 0 Å². The first-order chi connectivity index (χ1) is 8.86. The summed E-state index contributed by atoms with van der Waals surface area (Å²) in [5.74, 6) is 1.43. The van der Waals surface area contributed by atoms with Crippen molar-refractivity contribution in [1.29, 1.82) is 0 Å². The highest BCUT2D eigenvalue weighted by Gasteiger charge is 2.30. The summed E-state index contributed by atoms with van der Waals surface area (Å²) < 4.78 is 0. The van der Waals surface area contributed by atoms with Gasteiger partial charge in [0.1, 0.15) is 0 Å². The van der Waals surface area contributed by atoms with E-state index >= 15 is 0 Å². The molecule has 0 bridgehead atoms. The number of para-hydroxylation sites is 2. The Balaban J connectivity index is 1.88. The number of nitrogens with zero attached hydrogens (tertiary/aromatic N) is 1. The molecule has 0 saturated carbocycles. The second kappa shape index (κ2) is 5.22. The van der Waals surface area contributed by atoms with Crippen LogP contribution in [-0.4, -0.2) is 30.0 Å². The zero-order valence-corrected chi connectivity index (χ0v) is 11.2. The summed E-state index contributed by atoms with van der Waals surface area (Å²) in [6, 6.07) is 8.13. The molecule has 96 valence electrons. The molecule has 3 rings (SSSR count). The minimum atomic E-state index is 0.177. The lowest BCUT2D eigenvalue weighted by molar-refractivity contribution is -0.118. The fourth-order valence-electron chi connectivity index (χ4n) is 2.61. The van der Waals surface area contributed by atoms with Gasteiger partial charge in [0, 0.05) is 13.1 Å². The lowest BCUT2D eigenvalue weighted by Gasteiger charge is -2.25. The van der Waals surface area contributed by atoms with Crippen LogP contribution in [-0.2, 0) is 4.79 Å². The van der Waals surface area contributed by atoms with E-state index in [2.05, 4.69) is 11.4 Å². The predicted molar refractivity (Wildman–Crippen MR) is 77.4 cm³/mol. The Morgan fingerprint density at radius 1 is 1.33 bits per heavy atom. The van der Waals surface area contributed by atoms with Crippen molar-refractivity contribution in [2.45, 2.75) is 24.5 Å². The van der Waals surface area contributed by atoms with E-state index in [-0.39, 0.29) is 5.25 Å². The Kier molecular flexibility index (Phi) is 3.46. The average molecular weight is 262 g/mol. The smallest absolute Gasteiger partial charge is 0.240 e. The van der Waals surface area contributed by atoms with Crippen molar-refractivity contribution in [3.63, 3.8) is 0 Å². The van der Waals surface area contributed by atoms with Crippen LogP contribution in [0.4, 0.5) is 11.4 Å². The molecule has 1 aromatic carbocycles. The van der Waals surface area contributed by atoms with Gasteiger partial charge >= 0.3 is 0 Å². The van der Waals surface area contributed by atoms with Gasteiger partial charge in [0.05, 0.1) is 16.6 Å². The molecule has 0 aromatic heterocycles. The van der Waals surface area contributed by atoms with Gasteiger partial charge in [0.2, 0.25) is 5.91 Å². The van der Waals surface area contributed by atoms with Gasteiger partial charge in [0.25, 0.3) is 0 Å². The van der Waals surface area contributed by atoms with E-state index in [1.54, 1.807) is 0 Å². The van der Waals surface area contributed by atoms with Gasteiger partial charge in [-0.1, -0.05) is 12.1 Å². The van der Waals surface area contributed by atoms with Crippen LogP contribution in [0.3, 0.4) is 0 Å². The van der Waals surface area contributed by atoms with Gasteiger partial charge in [-0.2, -0.15) is 0 Å². The van der Waals surface area contributed by atoms with Crippen LogP contribution in [0.1, 0.15) is 19.3 Å². The number of benzene rings is 1. The van der Waals surface area contributed by atoms with Crippen LogP contribution in [0.2, 0.25) is 0 Å². The first kappa shape index (κ1) is 11.9. The van der Waals surface area contributed by atoms with Crippen LogP contribution in [0, 0.1) is 0 Å². The third-order valence-electron chi connectivity index (χ3n) is 3.54. The maximum atomic E-state index is 12.6. The molecule has 1 unspecified atom stereocenters. The summed E-state index contributed by atoms with van der Waals surface area (Å²) in [4.78, 5) is 14.6. The third kappa shape index (κ3) is 2.21. The van der Waals surface area contributed by atoms with E-state index in [0.717, 1.165) is 43.1 Å². The third-order valence-corrected chi connectivity index (χ3v) is 4.90. The summed E-state index contributed by atoms with van der Waals surface area (Å²) in [6.45, 7) is 1.78. The highest BCUT2D eigenvalue weighted by molar-refractivity contribution is 8.00. The molecule has 1 fully saturated rings. The van der Waals surface area contributed by atoms with Gasteiger partial charge < -0.3 is 10.2 Å². The maximum Gasteiger partial charge on any atom is 0.240 e. The van der Waals surface area contributed by atoms with Gasteiger partial charge in [0.15, 0.2) is 0 Å². The maximum absolute atomic E-state index is 12.6. The number of nitrogens with one attached hydrogen (secondary N) is 1. The summed E-state index contributed by atoms with van der Waals surface area (Å²) >= 11 is 1.81. The molecule has 4 heteroatoms. The average Bonchev–Trinajstić information content (AvgIpc) is 2.85. The van der Waals surface area contributed by atoms with E-state index < -0.39 is 0 Å². The summed E-state index contributed by atoms with van der Waals surface area (Å²) in [6.07, 6.45) is 3.22. The fourth-order valence-corrected chi connectivity index (χ4v) is 3.84. The zero-order chi connectivity index (χ0) is 12.4. The van der Waals surface area contributed by atoms with Crippen LogP contribution < -0.4 is 10.2 Å². The van der Waals surface area contributed by atoms with Crippen LogP contribution in [0.15, 0.2) is 24.3 Å². The number of carbonyl (C=O) groups excluding carboxylic acids is 1. The molecule has 0 aliphatic carbocycles. The molecule has 1 amide bonds. The first-order valence-corrected chi connectivity index (χ1v) is 7.67. The molecule has 1 saturated heterocycles. The van der Waals surface area contributed by atoms with E-state index in [0.29, 0.717) is 5.91 Å². The summed E-state index contributed by atoms with van der Waals surface area (Å²) in [7, 11) is 0. The SMILES string of the molecule is O=C(C1CCCS1)N1CCCNc2ccccc21. The number of carbonyl (C=O) groups is 1. The van der Waals surface area contributed by atoms with E-state index in [1.807, 2.05) is 34.9 Å². The largest absolute Gasteiger partial charge is 0.383 e. The minimum Gasteiger partial charge on any atom is -0.383 e. The van der Waals surface area contributed by atoms with E-state index in [1.165, 1.54) is 6.42 Å². The molecule has 0 spiro atoms. The van der Waals surface area contributed by atoms with Crippen molar-refractivity contribution in [3.8, 4) is 0 Å². The lowest BCUT2D eigenvalue weighted by Crippen LogP contribution is -2.37. The Morgan fingerprint density at radius 3 is 3.06 bits per heavy atom. The molecule has 2 heterocycles. The number of hydrogen-bond acceptors (Lipinski definition) is 3. The van der Waals surface area contributed by atoms with Gasteiger partial charge in [-0.15, -0.1) is 11.8 Å². The van der Waals surface area contributed by atoms with Crippen molar-refractivity contribution in [1.82, 2.24) is 0 Å². The predicted octanol–water partition coefficient (Wildman–Crippen LogP) is 2.73. The van der Waals surface area contributed by atoms with Crippen molar-refractivity contribution in [2.24, 2.45) is 0 Å². The van der Waals surface area contributed by atoms with Crippen molar-refractivity contribution in [3.05, 3.63) is 24.3 Å². The van der Waals surface area contributed by atoms with E-state index in [9.17, 15) is 4.79 Å². The molecular formula is C14H18N2OS. The first-order valence-electron chi connectivity index (χ1n) is 6.62. The number of thioether (sulfide) groups is 1. The number of fused-ring (bicyclic) bond motifs is 1. The molecule has 18 heavy (non-hydrogen) atoms. The Labute approximate surface area is 112 Å². The Bertz CT molecular complexity index is 443. The van der Waals surface area contributed by atoms with Crippen molar-refractivity contribution in [2.75, 3.05) is 29.1 Å². The standard InChI is InChI=1S/C14H18N2OS/c17-14(13-7-3-10-18-13)16-9-4-8-15-11-5-1-2-6-12(11)16/h1-2,5-6,13,15H,3-4,7-10H2. The highest BCUT2D eigenvalue weighted by Crippen LogP contribution is 2.33. The fraction of sp³-hybridized carbons (Fsp3) is 0.500. The summed E-state index contributed by atoms with van der Waals surface area (Å²) in [5, 5.41) is 3.58.